The maximum Gasteiger partial charge on any atom is 0.0935 e. The van der Waals surface area contributed by atoms with Crippen molar-refractivity contribution in [2.24, 2.45) is 11.8 Å². The first kappa shape index (κ1) is 14.6. The molecule has 1 fully saturated rings. The average molecular weight is 265 g/mol. The van der Waals surface area contributed by atoms with Crippen LogP contribution in [0.4, 0.5) is 0 Å². The van der Waals surface area contributed by atoms with Gasteiger partial charge in [-0.2, -0.15) is 0 Å². The Morgan fingerprint density at radius 3 is 2.58 bits per heavy atom. The van der Waals surface area contributed by atoms with Gasteiger partial charge < -0.3 is 14.5 Å². The molecule has 1 N–H and O–H groups in total. The lowest BCUT2D eigenvalue weighted by molar-refractivity contribution is 0.0476. The molecular weight excluding hydrogens is 238 g/mol. The Kier molecular flexibility index (Phi) is 5.06. The molecule has 3 heteroatoms. The fraction of sp³-hybridized carbons (Fsp3) is 0.750. The normalized spacial score (nSPS) is 32.6. The molecule has 0 saturated carbocycles. The Labute approximate surface area is 116 Å². The third-order valence-electron chi connectivity index (χ3n) is 4.48. The summed E-state index contributed by atoms with van der Waals surface area (Å²) in [6.07, 6.45) is 6.48. The molecule has 2 heterocycles. The van der Waals surface area contributed by atoms with Crippen molar-refractivity contribution < 1.29 is 9.15 Å². The molecule has 0 bridgehead atoms. The van der Waals surface area contributed by atoms with Crippen molar-refractivity contribution in [2.75, 3.05) is 6.54 Å². The molecule has 0 aromatic carbocycles. The highest BCUT2D eigenvalue weighted by atomic mass is 16.5. The summed E-state index contributed by atoms with van der Waals surface area (Å²) in [5, 5.41) is 3.71. The van der Waals surface area contributed by atoms with Gasteiger partial charge in [-0.15, -0.1) is 0 Å². The predicted octanol–water partition coefficient (Wildman–Crippen LogP) is 3.25. The van der Waals surface area contributed by atoms with E-state index in [4.69, 9.17) is 9.15 Å². The van der Waals surface area contributed by atoms with Gasteiger partial charge in [0, 0.05) is 12.0 Å². The molecule has 0 aliphatic carbocycles. The van der Waals surface area contributed by atoms with E-state index in [1.165, 1.54) is 5.56 Å². The Morgan fingerprint density at radius 1 is 1.26 bits per heavy atom. The molecule has 1 aliphatic rings. The summed E-state index contributed by atoms with van der Waals surface area (Å²) in [7, 11) is 0. The summed E-state index contributed by atoms with van der Waals surface area (Å²) in [6, 6.07) is 2.53. The average Bonchev–Trinajstić information content (AvgIpc) is 2.95. The van der Waals surface area contributed by atoms with E-state index in [0.29, 0.717) is 30.1 Å². The van der Waals surface area contributed by atoms with Crippen molar-refractivity contribution in [3.8, 4) is 0 Å². The van der Waals surface area contributed by atoms with Crippen LogP contribution < -0.4 is 5.32 Å². The molecule has 1 saturated heterocycles. The number of nitrogens with one attached hydrogen (secondary N) is 1. The largest absolute Gasteiger partial charge is 0.472 e. The van der Waals surface area contributed by atoms with E-state index >= 15 is 0 Å². The molecule has 1 aromatic heterocycles. The predicted molar refractivity (Wildman–Crippen MR) is 77.2 cm³/mol. The van der Waals surface area contributed by atoms with Crippen molar-refractivity contribution in [2.45, 2.75) is 58.8 Å². The first-order chi connectivity index (χ1) is 9.13. The van der Waals surface area contributed by atoms with Crippen molar-refractivity contribution in [1.82, 2.24) is 5.32 Å². The van der Waals surface area contributed by atoms with Crippen LogP contribution in [0.1, 0.15) is 39.7 Å². The minimum atomic E-state index is 0.325. The zero-order chi connectivity index (χ0) is 13.8. The fourth-order valence-electron chi connectivity index (χ4n) is 3.32. The number of hydrogen-bond donors (Lipinski definition) is 1. The Hall–Kier alpha value is -0.800. The second-order valence-corrected chi connectivity index (χ2v) is 5.88. The van der Waals surface area contributed by atoms with Gasteiger partial charge in [-0.3, -0.25) is 0 Å². The maximum absolute atomic E-state index is 6.00. The zero-order valence-electron chi connectivity index (χ0n) is 12.6. The van der Waals surface area contributed by atoms with Gasteiger partial charge in [0.25, 0.3) is 0 Å². The fourth-order valence-corrected chi connectivity index (χ4v) is 3.32. The van der Waals surface area contributed by atoms with E-state index in [1.54, 1.807) is 6.26 Å². The van der Waals surface area contributed by atoms with Crippen LogP contribution in [0.15, 0.2) is 23.0 Å². The number of ether oxygens (including phenoxy) is 1. The highest BCUT2D eigenvalue weighted by molar-refractivity contribution is 5.09. The van der Waals surface area contributed by atoms with Crippen LogP contribution in [0.2, 0.25) is 0 Å². The van der Waals surface area contributed by atoms with Crippen molar-refractivity contribution in [3.63, 3.8) is 0 Å². The number of furan rings is 1. The molecule has 5 unspecified atom stereocenters. The topological polar surface area (TPSA) is 34.4 Å². The number of rotatable bonds is 6. The van der Waals surface area contributed by atoms with E-state index in [2.05, 4.69) is 39.1 Å². The van der Waals surface area contributed by atoms with Crippen LogP contribution in [0.25, 0.3) is 0 Å². The lowest BCUT2D eigenvalue weighted by atomic mass is 9.81. The van der Waals surface area contributed by atoms with Crippen LogP contribution >= 0.6 is 0 Å². The third kappa shape index (κ3) is 3.40. The molecule has 0 spiro atoms. The minimum Gasteiger partial charge on any atom is -0.472 e. The van der Waals surface area contributed by atoms with Crippen molar-refractivity contribution in [3.05, 3.63) is 24.2 Å². The smallest absolute Gasteiger partial charge is 0.0935 e. The summed E-state index contributed by atoms with van der Waals surface area (Å²) in [5.74, 6) is 1.16. The van der Waals surface area contributed by atoms with Crippen LogP contribution in [0.5, 0.6) is 0 Å². The summed E-state index contributed by atoms with van der Waals surface area (Å²) >= 11 is 0. The lowest BCUT2D eigenvalue weighted by Gasteiger charge is -2.29. The Bertz CT molecular complexity index is 363. The lowest BCUT2D eigenvalue weighted by Crippen LogP contribution is -2.43. The monoisotopic (exact) mass is 265 g/mol. The molecule has 3 nitrogen and oxygen atoms in total. The van der Waals surface area contributed by atoms with Gasteiger partial charge in [0.05, 0.1) is 24.7 Å². The Balaban J connectivity index is 2.07. The summed E-state index contributed by atoms with van der Waals surface area (Å²) < 4.78 is 11.2. The highest BCUT2D eigenvalue weighted by Gasteiger charge is 2.41. The minimum absolute atomic E-state index is 0.325. The summed E-state index contributed by atoms with van der Waals surface area (Å²) in [5.41, 5.74) is 1.27. The van der Waals surface area contributed by atoms with Crippen molar-refractivity contribution >= 4 is 0 Å². The SMILES string of the molecule is CCCNC(Cc1ccoc1)C1C(C)OC(C)C1C. The zero-order valence-corrected chi connectivity index (χ0v) is 12.6. The molecule has 0 radical (unpaired) electrons. The molecule has 5 atom stereocenters. The summed E-state index contributed by atoms with van der Waals surface area (Å²) in [6.45, 7) is 9.99. The molecule has 19 heavy (non-hydrogen) atoms. The summed E-state index contributed by atoms with van der Waals surface area (Å²) in [4.78, 5) is 0. The second-order valence-electron chi connectivity index (χ2n) is 5.88. The molecule has 108 valence electrons. The van der Waals surface area contributed by atoms with Crippen molar-refractivity contribution in [1.29, 1.82) is 0 Å². The highest BCUT2D eigenvalue weighted by Crippen LogP contribution is 2.35. The van der Waals surface area contributed by atoms with Gasteiger partial charge in [-0.1, -0.05) is 13.8 Å². The first-order valence-corrected chi connectivity index (χ1v) is 7.53. The van der Waals surface area contributed by atoms with E-state index in [-0.39, 0.29) is 0 Å². The van der Waals surface area contributed by atoms with Crippen LogP contribution in [-0.4, -0.2) is 24.8 Å². The standard InChI is InChI=1S/C16H27NO2/c1-5-7-17-15(9-14-6-8-18-10-14)16-11(2)12(3)19-13(16)4/h6,8,10-13,15-17H,5,7,9H2,1-4H3. The van der Waals surface area contributed by atoms with Gasteiger partial charge in [0.15, 0.2) is 0 Å². The third-order valence-corrected chi connectivity index (χ3v) is 4.48. The van der Waals surface area contributed by atoms with E-state index in [1.807, 2.05) is 6.26 Å². The first-order valence-electron chi connectivity index (χ1n) is 7.53. The Morgan fingerprint density at radius 2 is 2.05 bits per heavy atom. The maximum atomic E-state index is 6.00. The second kappa shape index (κ2) is 6.58. The molecular formula is C16H27NO2. The van der Waals surface area contributed by atoms with Gasteiger partial charge in [0.1, 0.15) is 0 Å². The van der Waals surface area contributed by atoms with Gasteiger partial charge in [-0.25, -0.2) is 0 Å². The van der Waals surface area contributed by atoms with E-state index in [0.717, 1.165) is 19.4 Å². The molecule has 1 aliphatic heterocycles. The van der Waals surface area contributed by atoms with Gasteiger partial charge in [0.2, 0.25) is 0 Å². The van der Waals surface area contributed by atoms with Crippen LogP contribution in [0, 0.1) is 11.8 Å². The van der Waals surface area contributed by atoms with E-state index < -0.39 is 0 Å². The molecule has 2 rings (SSSR count). The van der Waals surface area contributed by atoms with Crippen LogP contribution in [-0.2, 0) is 11.2 Å². The number of hydrogen-bond acceptors (Lipinski definition) is 3. The molecule has 0 amide bonds. The molecule has 1 aromatic rings. The quantitative estimate of drug-likeness (QED) is 0.857. The van der Waals surface area contributed by atoms with Gasteiger partial charge >= 0.3 is 0 Å². The van der Waals surface area contributed by atoms with Crippen LogP contribution in [0.3, 0.4) is 0 Å². The van der Waals surface area contributed by atoms with E-state index in [9.17, 15) is 0 Å². The van der Waals surface area contributed by atoms with Gasteiger partial charge in [-0.05, 0) is 50.8 Å².